The van der Waals surface area contributed by atoms with Gasteiger partial charge in [0.25, 0.3) is 5.91 Å². The van der Waals surface area contributed by atoms with Gasteiger partial charge in [-0.2, -0.15) is 0 Å². The van der Waals surface area contributed by atoms with Crippen molar-refractivity contribution in [3.8, 4) is 0 Å². The third-order valence-electron chi connectivity index (χ3n) is 6.98. The lowest BCUT2D eigenvalue weighted by Gasteiger charge is -2.33. The second kappa shape index (κ2) is 9.58. The fourth-order valence-electron chi connectivity index (χ4n) is 4.98. The molecule has 34 heavy (non-hydrogen) atoms. The molecule has 178 valence electrons. The standard InChI is InChI=1S/C25H30N6O2S/c1-16-17(2)34-25-22(16)23(26-15-27-25)30-12-9-19(10-13-30)24(33)29-28-21(32)14-31-11-5-7-18-6-3-4-8-20(18)31/h3-4,6,8,15,19H,5,7,9-14H2,1-2H3,(H,28,32)(H,29,33). The number of aryl methyl sites for hydroxylation is 3. The van der Waals surface area contributed by atoms with Gasteiger partial charge in [0.1, 0.15) is 17.0 Å². The number of hydrogen-bond acceptors (Lipinski definition) is 7. The fourth-order valence-corrected chi connectivity index (χ4v) is 5.97. The Hall–Kier alpha value is -3.20. The van der Waals surface area contributed by atoms with Gasteiger partial charge in [-0.15, -0.1) is 11.3 Å². The predicted molar refractivity (Wildman–Crippen MR) is 135 cm³/mol. The van der Waals surface area contributed by atoms with Crippen LogP contribution in [-0.4, -0.2) is 48.0 Å². The quantitative estimate of drug-likeness (QED) is 0.560. The highest BCUT2D eigenvalue weighted by atomic mass is 32.1. The first-order valence-corrected chi connectivity index (χ1v) is 12.7. The Morgan fingerprint density at radius 2 is 1.88 bits per heavy atom. The number of para-hydroxylation sites is 1. The second-order valence-electron chi connectivity index (χ2n) is 9.11. The van der Waals surface area contributed by atoms with Crippen LogP contribution in [0.25, 0.3) is 10.2 Å². The minimum atomic E-state index is -0.200. The normalized spacial score (nSPS) is 16.4. The van der Waals surface area contributed by atoms with Crippen LogP contribution in [0.3, 0.4) is 0 Å². The van der Waals surface area contributed by atoms with E-state index in [0.29, 0.717) is 0 Å². The number of carbonyl (C=O) groups is 2. The molecule has 3 aromatic rings. The Kier molecular flexibility index (Phi) is 6.36. The van der Waals surface area contributed by atoms with Gasteiger partial charge < -0.3 is 9.80 Å². The molecule has 0 radical (unpaired) electrons. The lowest BCUT2D eigenvalue weighted by molar-refractivity contribution is -0.131. The Bertz CT molecular complexity index is 1220. The summed E-state index contributed by atoms with van der Waals surface area (Å²) in [7, 11) is 0. The number of anilines is 2. The number of nitrogens with zero attached hydrogens (tertiary/aromatic N) is 4. The lowest BCUT2D eigenvalue weighted by Crippen LogP contribution is -2.50. The maximum atomic E-state index is 12.7. The van der Waals surface area contributed by atoms with Crippen molar-refractivity contribution in [3.63, 3.8) is 0 Å². The molecule has 4 heterocycles. The number of nitrogens with one attached hydrogen (secondary N) is 2. The van der Waals surface area contributed by atoms with Crippen LogP contribution < -0.4 is 20.7 Å². The molecule has 0 spiro atoms. The maximum absolute atomic E-state index is 12.7. The van der Waals surface area contributed by atoms with E-state index in [9.17, 15) is 9.59 Å². The van der Waals surface area contributed by atoms with Crippen molar-refractivity contribution in [2.45, 2.75) is 39.5 Å². The molecule has 1 fully saturated rings. The van der Waals surface area contributed by atoms with E-state index in [2.05, 4.69) is 56.6 Å². The number of carbonyl (C=O) groups excluding carboxylic acids is 2. The minimum absolute atomic E-state index is 0.123. The highest BCUT2D eigenvalue weighted by molar-refractivity contribution is 7.18. The van der Waals surface area contributed by atoms with Gasteiger partial charge in [-0.3, -0.25) is 20.4 Å². The number of benzene rings is 1. The third-order valence-corrected chi connectivity index (χ3v) is 8.09. The van der Waals surface area contributed by atoms with Gasteiger partial charge in [-0.05, 0) is 56.7 Å². The maximum Gasteiger partial charge on any atom is 0.257 e. The topological polar surface area (TPSA) is 90.5 Å². The van der Waals surface area contributed by atoms with Gasteiger partial charge in [0, 0.05) is 36.1 Å². The monoisotopic (exact) mass is 478 g/mol. The lowest BCUT2D eigenvalue weighted by atomic mass is 9.96. The Labute approximate surface area is 203 Å². The smallest absolute Gasteiger partial charge is 0.257 e. The molecule has 5 rings (SSSR count). The van der Waals surface area contributed by atoms with Crippen LogP contribution in [0.2, 0.25) is 0 Å². The van der Waals surface area contributed by atoms with E-state index in [-0.39, 0.29) is 24.3 Å². The highest BCUT2D eigenvalue weighted by Gasteiger charge is 2.28. The van der Waals surface area contributed by atoms with Crippen molar-refractivity contribution in [1.82, 2.24) is 20.8 Å². The minimum Gasteiger partial charge on any atom is -0.362 e. The van der Waals surface area contributed by atoms with Crippen LogP contribution in [0, 0.1) is 19.8 Å². The Balaban J connectivity index is 1.13. The van der Waals surface area contributed by atoms with Crippen LogP contribution in [0.5, 0.6) is 0 Å². The largest absolute Gasteiger partial charge is 0.362 e. The molecule has 0 bridgehead atoms. The van der Waals surface area contributed by atoms with Gasteiger partial charge in [0.15, 0.2) is 0 Å². The number of hydrogen-bond donors (Lipinski definition) is 2. The van der Waals surface area contributed by atoms with E-state index in [1.165, 1.54) is 16.0 Å². The summed E-state index contributed by atoms with van der Waals surface area (Å²) in [6, 6.07) is 8.19. The van der Waals surface area contributed by atoms with Crippen LogP contribution in [-0.2, 0) is 16.0 Å². The summed E-state index contributed by atoms with van der Waals surface area (Å²) in [6.45, 7) is 6.80. The summed E-state index contributed by atoms with van der Waals surface area (Å²) >= 11 is 1.69. The van der Waals surface area contributed by atoms with Crippen molar-refractivity contribution in [2.24, 2.45) is 5.92 Å². The first-order chi connectivity index (χ1) is 16.5. The van der Waals surface area contributed by atoms with Crippen LogP contribution in [0.15, 0.2) is 30.6 Å². The molecule has 0 aliphatic carbocycles. The van der Waals surface area contributed by atoms with Gasteiger partial charge in [0.05, 0.1) is 11.9 Å². The Morgan fingerprint density at radius 3 is 2.71 bits per heavy atom. The number of amides is 2. The van der Waals surface area contributed by atoms with Crippen molar-refractivity contribution < 1.29 is 9.59 Å². The van der Waals surface area contributed by atoms with Crippen molar-refractivity contribution >= 4 is 44.9 Å². The number of thiophene rings is 1. The van der Waals surface area contributed by atoms with Gasteiger partial charge in [0.2, 0.25) is 5.91 Å². The molecular formula is C25H30N6O2S. The number of aromatic nitrogens is 2. The number of hydrazine groups is 1. The van der Waals surface area contributed by atoms with Crippen molar-refractivity contribution in [2.75, 3.05) is 36.0 Å². The van der Waals surface area contributed by atoms with Gasteiger partial charge in [-0.25, -0.2) is 9.97 Å². The summed E-state index contributed by atoms with van der Waals surface area (Å²) in [6.07, 6.45) is 5.13. The zero-order chi connectivity index (χ0) is 23.7. The molecule has 2 aliphatic rings. The van der Waals surface area contributed by atoms with E-state index in [4.69, 9.17) is 0 Å². The number of fused-ring (bicyclic) bond motifs is 2. The molecule has 8 nitrogen and oxygen atoms in total. The van der Waals surface area contributed by atoms with E-state index in [1.807, 2.05) is 12.1 Å². The van der Waals surface area contributed by atoms with E-state index in [1.54, 1.807) is 17.7 Å². The number of rotatable bonds is 4. The average molecular weight is 479 g/mol. The summed E-state index contributed by atoms with van der Waals surface area (Å²) in [4.78, 5) is 40.8. The third kappa shape index (κ3) is 4.44. The molecular weight excluding hydrogens is 448 g/mol. The highest BCUT2D eigenvalue weighted by Crippen LogP contribution is 2.35. The predicted octanol–water partition coefficient (Wildman–Crippen LogP) is 3.12. The second-order valence-corrected chi connectivity index (χ2v) is 10.3. The summed E-state index contributed by atoms with van der Waals surface area (Å²) in [5.41, 5.74) is 8.89. The van der Waals surface area contributed by atoms with E-state index >= 15 is 0 Å². The molecule has 2 aromatic heterocycles. The molecule has 9 heteroatoms. The summed E-state index contributed by atoms with van der Waals surface area (Å²) in [5, 5.41) is 1.12. The van der Waals surface area contributed by atoms with Crippen LogP contribution in [0.4, 0.5) is 11.5 Å². The first-order valence-electron chi connectivity index (χ1n) is 11.9. The number of piperidine rings is 1. The van der Waals surface area contributed by atoms with Crippen molar-refractivity contribution in [3.05, 3.63) is 46.6 Å². The van der Waals surface area contributed by atoms with E-state index in [0.717, 1.165) is 67.0 Å². The SMILES string of the molecule is Cc1sc2ncnc(N3CCC(C(=O)NNC(=O)CN4CCCc5ccccc54)CC3)c2c1C. The summed E-state index contributed by atoms with van der Waals surface area (Å²) in [5.74, 6) is 0.507. The van der Waals surface area contributed by atoms with Crippen LogP contribution >= 0.6 is 11.3 Å². The zero-order valence-corrected chi connectivity index (χ0v) is 20.5. The Morgan fingerprint density at radius 1 is 1.09 bits per heavy atom. The first kappa shape index (κ1) is 22.6. The fraction of sp³-hybridized carbons (Fsp3) is 0.440. The molecule has 1 saturated heterocycles. The zero-order valence-electron chi connectivity index (χ0n) is 19.6. The van der Waals surface area contributed by atoms with E-state index < -0.39 is 0 Å². The van der Waals surface area contributed by atoms with Gasteiger partial charge in [-0.1, -0.05) is 18.2 Å². The molecule has 2 N–H and O–H groups in total. The summed E-state index contributed by atoms with van der Waals surface area (Å²) < 4.78 is 0. The molecule has 2 amide bonds. The van der Waals surface area contributed by atoms with Crippen molar-refractivity contribution in [1.29, 1.82) is 0 Å². The molecule has 2 aliphatic heterocycles. The molecule has 0 unspecified atom stereocenters. The molecule has 1 aromatic carbocycles. The molecule has 0 saturated carbocycles. The average Bonchev–Trinajstić information content (AvgIpc) is 3.16. The molecule has 0 atom stereocenters. The van der Waals surface area contributed by atoms with Crippen LogP contribution in [0.1, 0.15) is 35.3 Å². The van der Waals surface area contributed by atoms with Gasteiger partial charge >= 0.3 is 0 Å².